The summed E-state index contributed by atoms with van der Waals surface area (Å²) in [7, 11) is 1.78. The van der Waals surface area contributed by atoms with Crippen LogP contribution in [0.2, 0.25) is 0 Å². The first-order chi connectivity index (χ1) is 9.83. The van der Waals surface area contributed by atoms with Crippen LogP contribution < -0.4 is 0 Å². The summed E-state index contributed by atoms with van der Waals surface area (Å²) in [6, 6.07) is 0. The third-order valence-corrected chi connectivity index (χ3v) is 5.73. The largest absolute Gasteiger partial charge is 0.504 e. The topological polar surface area (TPSA) is 9.23 Å². The van der Waals surface area contributed by atoms with Crippen molar-refractivity contribution in [3.05, 3.63) is 11.8 Å². The van der Waals surface area contributed by atoms with Gasteiger partial charge in [0.15, 0.2) is 0 Å². The second-order valence-electron chi connectivity index (χ2n) is 7.13. The summed E-state index contributed by atoms with van der Waals surface area (Å²) in [4.78, 5) is 0. The third kappa shape index (κ3) is 4.82. The van der Waals surface area contributed by atoms with Crippen molar-refractivity contribution in [1.29, 1.82) is 0 Å². The van der Waals surface area contributed by atoms with E-state index in [4.69, 9.17) is 4.74 Å². The Morgan fingerprint density at radius 2 is 1.60 bits per heavy atom. The van der Waals surface area contributed by atoms with E-state index >= 15 is 0 Å². The molecular weight excluding hydrogens is 244 g/mol. The zero-order chi connectivity index (χ0) is 14.2. The first kappa shape index (κ1) is 15.9. The summed E-state index contributed by atoms with van der Waals surface area (Å²) in [5, 5.41) is 0. The van der Waals surface area contributed by atoms with Gasteiger partial charge in [-0.1, -0.05) is 45.4 Å². The Bertz CT molecular complexity index is 276. The van der Waals surface area contributed by atoms with Gasteiger partial charge in [-0.05, 0) is 61.9 Å². The van der Waals surface area contributed by atoms with E-state index in [9.17, 15) is 0 Å². The maximum atomic E-state index is 5.16. The highest BCUT2D eigenvalue weighted by atomic mass is 16.5. The standard InChI is InChI=1S/C19H34O/c1-3-4-5-6-16-7-11-18(12-8-16)19-13-9-17(10-14-19)15-20-2/h15-16,18-19H,3-14H2,1-2H3. The smallest absolute Gasteiger partial charge is 0.0816 e. The molecule has 0 heterocycles. The Morgan fingerprint density at radius 3 is 2.20 bits per heavy atom. The Hall–Kier alpha value is -0.460. The van der Waals surface area contributed by atoms with Gasteiger partial charge in [-0.2, -0.15) is 0 Å². The fraction of sp³-hybridized carbons (Fsp3) is 0.895. The average Bonchev–Trinajstić information content (AvgIpc) is 2.49. The highest BCUT2D eigenvalue weighted by Gasteiger charge is 2.29. The molecule has 20 heavy (non-hydrogen) atoms. The predicted molar refractivity (Wildman–Crippen MR) is 86.6 cm³/mol. The molecule has 116 valence electrons. The van der Waals surface area contributed by atoms with Gasteiger partial charge < -0.3 is 4.74 Å². The van der Waals surface area contributed by atoms with Crippen molar-refractivity contribution in [2.45, 2.75) is 84.0 Å². The summed E-state index contributed by atoms with van der Waals surface area (Å²) in [5.74, 6) is 3.12. The SMILES string of the molecule is CCCCCC1CCC(C2CCC(=COC)CC2)CC1. The van der Waals surface area contributed by atoms with Crippen LogP contribution in [0.25, 0.3) is 0 Å². The van der Waals surface area contributed by atoms with Gasteiger partial charge in [0.25, 0.3) is 0 Å². The zero-order valence-corrected chi connectivity index (χ0v) is 13.7. The first-order valence-electron chi connectivity index (χ1n) is 9.04. The molecular formula is C19H34O. The summed E-state index contributed by atoms with van der Waals surface area (Å²) in [6.45, 7) is 2.31. The summed E-state index contributed by atoms with van der Waals surface area (Å²) >= 11 is 0. The zero-order valence-electron chi connectivity index (χ0n) is 13.7. The van der Waals surface area contributed by atoms with Crippen LogP contribution in [0.3, 0.4) is 0 Å². The van der Waals surface area contributed by atoms with Gasteiger partial charge in [-0.3, -0.25) is 0 Å². The number of rotatable bonds is 6. The molecule has 0 amide bonds. The highest BCUT2D eigenvalue weighted by molar-refractivity contribution is 5.02. The molecule has 2 aliphatic carbocycles. The molecule has 0 unspecified atom stereocenters. The van der Waals surface area contributed by atoms with Gasteiger partial charge in [0, 0.05) is 0 Å². The molecule has 0 spiro atoms. The van der Waals surface area contributed by atoms with Crippen LogP contribution in [0.15, 0.2) is 11.8 Å². The molecule has 0 saturated heterocycles. The molecule has 0 aromatic carbocycles. The maximum absolute atomic E-state index is 5.16. The summed E-state index contributed by atoms with van der Waals surface area (Å²) in [6.07, 6.45) is 19.3. The number of hydrogen-bond acceptors (Lipinski definition) is 1. The normalized spacial score (nSPS) is 31.1. The minimum atomic E-state index is 1.01. The van der Waals surface area contributed by atoms with E-state index in [1.165, 1.54) is 82.6 Å². The molecule has 0 aliphatic heterocycles. The maximum Gasteiger partial charge on any atom is 0.0816 e. The van der Waals surface area contributed by atoms with E-state index in [1.807, 2.05) is 6.26 Å². The van der Waals surface area contributed by atoms with Crippen molar-refractivity contribution in [3.63, 3.8) is 0 Å². The van der Waals surface area contributed by atoms with E-state index < -0.39 is 0 Å². The first-order valence-corrected chi connectivity index (χ1v) is 9.04. The van der Waals surface area contributed by atoms with Crippen LogP contribution in [0.4, 0.5) is 0 Å². The van der Waals surface area contributed by atoms with Crippen LogP contribution in [0.1, 0.15) is 84.0 Å². The van der Waals surface area contributed by atoms with Gasteiger partial charge >= 0.3 is 0 Å². The van der Waals surface area contributed by atoms with Crippen molar-refractivity contribution < 1.29 is 4.74 Å². The third-order valence-electron chi connectivity index (χ3n) is 5.73. The second-order valence-corrected chi connectivity index (χ2v) is 7.13. The van der Waals surface area contributed by atoms with Gasteiger partial charge in [0.05, 0.1) is 13.4 Å². The number of unbranched alkanes of at least 4 members (excludes halogenated alkanes) is 2. The van der Waals surface area contributed by atoms with Crippen LogP contribution in [-0.2, 0) is 4.74 Å². The minimum Gasteiger partial charge on any atom is -0.504 e. The number of allylic oxidation sites excluding steroid dienone is 1. The van der Waals surface area contributed by atoms with Crippen molar-refractivity contribution in [3.8, 4) is 0 Å². The van der Waals surface area contributed by atoms with E-state index in [1.54, 1.807) is 7.11 Å². The van der Waals surface area contributed by atoms with E-state index in [0.29, 0.717) is 0 Å². The highest BCUT2D eigenvalue weighted by Crippen LogP contribution is 2.42. The molecule has 2 fully saturated rings. The fourth-order valence-electron chi connectivity index (χ4n) is 4.40. The fourth-order valence-corrected chi connectivity index (χ4v) is 4.40. The molecule has 2 rings (SSSR count). The number of hydrogen-bond donors (Lipinski definition) is 0. The lowest BCUT2D eigenvalue weighted by Crippen LogP contribution is -2.24. The molecule has 1 nitrogen and oxygen atoms in total. The predicted octanol–water partition coefficient (Wildman–Crippen LogP) is 6.09. The molecule has 0 N–H and O–H groups in total. The van der Waals surface area contributed by atoms with E-state index in [-0.39, 0.29) is 0 Å². The van der Waals surface area contributed by atoms with Crippen molar-refractivity contribution in [2.24, 2.45) is 17.8 Å². The Balaban J connectivity index is 1.65. The Kier molecular flexibility index (Phi) is 6.96. The Morgan fingerprint density at radius 1 is 0.950 bits per heavy atom. The van der Waals surface area contributed by atoms with Crippen LogP contribution in [-0.4, -0.2) is 7.11 Å². The second kappa shape index (κ2) is 8.74. The molecule has 1 heteroatoms. The van der Waals surface area contributed by atoms with Gasteiger partial charge in [-0.25, -0.2) is 0 Å². The molecule has 2 aliphatic rings. The Labute approximate surface area is 126 Å². The molecule has 0 bridgehead atoms. The van der Waals surface area contributed by atoms with Gasteiger partial charge in [-0.15, -0.1) is 0 Å². The summed E-state index contributed by atoms with van der Waals surface area (Å²) in [5.41, 5.74) is 1.54. The molecule has 0 aromatic rings. The lowest BCUT2D eigenvalue weighted by molar-refractivity contribution is 0.171. The molecule has 0 atom stereocenters. The molecule has 0 radical (unpaired) electrons. The molecule has 0 aromatic heterocycles. The number of ether oxygens (including phenoxy) is 1. The monoisotopic (exact) mass is 278 g/mol. The van der Waals surface area contributed by atoms with E-state index in [2.05, 4.69) is 6.92 Å². The number of methoxy groups -OCH3 is 1. The van der Waals surface area contributed by atoms with Crippen LogP contribution in [0.5, 0.6) is 0 Å². The average molecular weight is 278 g/mol. The van der Waals surface area contributed by atoms with Crippen molar-refractivity contribution in [1.82, 2.24) is 0 Å². The van der Waals surface area contributed by atoms with Crippen molar-refractivity contribution >= 4 is 0 Å². The van der Waals surface area contributed by atoms with E-state index in [0.717, 1.165) is 17.8 Å². The van der Waals surface area contributed by atoms with Crippen molar-refractivity contribution in [2.75, 3.05) is 7.11 Å². The van der Waals surface area contributed by atoms with Crippen LogP contribution in [0, 0.1) is 17.8 Å². The summed E-state index contributed by atoms with van der Waals surface area (Å²) < 4.78 is 5.16. The lowest BCUT2D eigenvalue weighted by atomic mass is 9.70. The quantitative estimate of drug-likeness (QED) is 0.422. The van der Waals surface area contributed by atoms with Crippen LogP contribution >= 0.6 is 0 Å². The van der Waals surface area contributed by atoms with Gasteiger partial charge in [0.2, 0.25) is 0 Å². The molecule has 2 saturated carbocycles. The minimum absolute atomic E-state index is 1.01. The van der Waals surface area contributed by atoms with Gasteiger partial charge in [0.1, 0.15) is 0 Å². The lowest BCUT2D eigenvalue weighted by Gasteiger charge is -2.36.